The van der Waals surface area contributed by atoms with Crippen molar-refractivity contribution in [2.75, 3.05) is 6.61 Å². The standard InChI is InChI=1S/C23H28O9/c1-11(25)32-23(31)19(29)15(26)8-12-4-5-13-14-6-7-22(30,17(28)10-24)20(14,2)9-16(27)18(13)21(12,23)3/h8,13-14,18,24,30-31H,4-7,9-10H2,1-3H3/t13-,14-,18+,20-,21-,22-,23?/m0/s1. The van der Waals surface area contributed by atoms with Gasteiger partial charge < -0.3 is 20.1 Å². The third kappa shape index (κ3) is 2.53. The van der Waals surface area contributed by atoms with Crippen molar-refractivity contribution in [3.8, 4) is 0 Å². The van der Waals surface area contributed by atoms with Gasteiger partial charge in [0.1, 0.15) is 18.0 Å². The molecule has 32 heavy (non-hydrogen) atoms. The van der Waals surface area contributed by atoms with Crippen molar-refractivity contribution >= 4 is 29.1 Å². The molecular formula is C23H28O9. The SMILES string of the molecule is CC(=O)OC1(O)C(=O)C(=O)C=C2CC[C@@H]3[C@H](C(=O)C[C@@]4(C)[C@H]3CC[C@]4(O)C(=O)CO)[C@]21C. The number of esters is 1. The molecule has 0 aromatic rings. The van der Waals surface area contributed by atoms with Crippen LogP contribution in [0, 0.1) is 28.6 Å². The Morgan fingerprint density at radius 2 is 1.81 bits per heavy atom. The molecular weight excluding hydrogens is 420 g/mol. The van der Waals surface area contributed by atoms with Gasteiger partial charge in [-0.15, -0.1) is 0 Å². The Labute approximate surface area is 184 Å². The van der Waals surface area contributed by atoms with Crippen LogP contribution in [0.2, 0.25) is 0 Å². The zero-order valence-electron chi connectivity index (χ0n) is 18.3. The molecule has 4 aliphatic carbocycles. The Morgan fingerprint density at radius 3 is 2.41 bits per heavy atom. The van der Waals surface area contributed by atoms with Gasteiger partial charge in [0.05, 0.1) is 5.41 Å². The molecule has 3 saturated carbocycles. The van der Waals surface area contributed by atoms with Crippen LogP contribution in [-0.4, -0.2) is 62.4 Å². The Kier molecular flexibility index (Phi) is 4.94. The molecule has 0 amide bonds. The van der Waals surface area contributed by atoms with Gasteiger partial charge in [0.15, 0.2) is 5.78 Å². The summed E-state index contributed by atoms with van der Waals surface area (Å²) in [5.41, 5.74) is -4.23. The number of Topliss-reactive ketones (excluding diaryl/α,β-unsaturated/α-hetero) is 3. The van der Waals surface area contributed by atoms with Crippen molar-refractivity contribution in [2.24, 2.45) is 28.6 Å². The van der Waals surface area contributed by atoms with Gasteiger partial charge in [0.25, 0.3) is 11.6 Å². The smallest absolute Gasteiger partial charge is 0.305 e. The highest BCUT2D eigenvalue weighted by Gasteiger charge is 2.74. The van der Waals surface area contributed by atoms with Crippen LogP contribution in [0.15, 0.2) is 11.6 Å². The van der Waals surface area contributed by atoms with Crippen molar-refractivity contribution < 1.29 is 44.0 Å². The first-order valence-corrected chi connectivity index (χ1v) is 10.9. The summed E-state index contributed by atoms with van der Waals surface area (Å²) in [5.74, 6) is -8.86. The first kappa shape index (κ1) is 22.9. The average Bonchev–Trinajstić information content (AvgIpc) is 2.98. The summed E-state index contributed by atoms with van der Waals surface area (Å²) in [6, 6.07) is 0. The molecule has 0 spiro atoms. The number of aliphatic hydroxyl groups is 3. The van der Waals surface area contributed by atoms with Crippen molar-refractivity contribution in [3.05, 3.63) is 11.6 Å². The zero-order valence-corrected chi connectivity index (χ0v) is 18.3. The summed E-state index contributed by atoms with van der Waals surface area (Å²) in [5, 5.41) is 32.0. The molecule has 9 nitrogen and oxygen atoms in total. The second kappa shape index (κ2) is 6.88. The molecule has 174 valence electrons. The van der Waals surface area contributed by atoms with Crippen LogP contribution >= 0.6 is 0 Å². The van der Waals surface area contributed by atoms with Gasteiger partial charge in [-0.1, -0.05) is 12.5 Å². The quantitative estimate of drug-likeness (QED) is 0.308. The second-order valence-electron chi connectivity index (χ2n) is 10.1. The van der Waals surface area contributed by atoms with E-state index in [1.807, 2.05) is 0 Å². The van der Waals surface area contributed by atoms with E-state index in [0.29, 0.717) is 18.4 Å². The first-order valence-electron chi connectivity index (χ1n) is 10.9. The highest BCUT2D eigenvalue weighted by atomic mass is 16.7. The van der Waals surface area contributed by atoms with Crippen LogP contribution in [0.5, 0.6) is 0 Å². The topological polar surface area (TPSA) is 155 Å². The number of rotatable bonds is 3. The van der Waals surface area contributed by atoms with E-state index in [1.54, 1.807) is 6.92 Å². The maximum Gasteiger partial charge on any atom is 0.305 e. The molecule has 0 aliphatic heterocycles. The molecule has 3 fully saturated rings. The predicted molar refractivity (Wildman–Crippen MR) is 107 cm³/mol. The van der Waals surface area contributed by atoms with Crippen LogP contribution in [0.4, 0.5) is 0 Å². The molecule has 0 saturated heterocycles. The van der Waals surface area contributed by atoms with Gasteiger partial charge in [-0.2, -0.15) is 0 Å². The Morgan fingerprint density at radius 1 is 1.16 bits per heavy atom. The van der Waals surface area contributed by atoms with Crippen LogP contribution < -0.4 is 0 Å². The number of aliphatic hydroxyl groups excluding tert-OH is 1. The van der Waals surface area contributed by atoms with Crippen LogP contribution in [-0.2, 0) is 28.7 Å². The van der Waals surface area contributed by atoms with E-state index >= 15 is 0 Å². The normalized spacial score (nSPS) is 45.5. The summed E-state index contributed by atoms with van der Waals surface area (Å²) in [4.78, 5) is 63.0. The number of carbonyl (C=O) groups is 5. The molecule has 3 N–H and O–H groups in total. The van der Waals surface area contributed by atoms with Crippen molar-refractivity contribution in [1.82, 2.24) is 0 Å². The van der Waals surface area contributed by atoms with Gasteiger partial charge in [-0.25, -0.2) is 0 Å². The fourth-order valence-electron chi connectivity index (χ4n) is 7.31. The van der Waals surface area contributed by atoms with E-state index in [4.69, 9.17) is 4.74 Å². The summed E-state index contributed by atoms with van der Waals surface area (Å²) < 4.78 is 5.08. The van der Waals surface area contributed by atoms with Gasteiger partial charge in [-0.05, 0) is 50.5 Å². The third-order valence-electron chi connectivity index (χ3n) is 8.89. The number of ether oxygens (including phenoxy) is 1. The largest absolute Gasteiger partial charge is 0.424 e. The van der Waals surface area contributed by atoms with E-state index in [1.165, 1.54) is 6.92 Å². The minimum Gasteiger partial charge on any atom is -0.424 e. The number of ketones is 4. The lowest BCUT2D eigenvalue weighted by atomic mass is 9.44. The van der Waals surface area contributed by atoms with Gasteiger partial charge >= 0.3 is 5.97 Å². The predicted octanol–water partition coefficient (Wildman–Crippen LogP) is 0.0304. The Bertz CT molecular complexity index is 982. The van der Waals surface area contributed by atoms with Gasteiger partial charge in [0, 0.05) is 24.7 Å². The minimum absolute atomic E-state index is 0.0924. The highest BCUT2D eigenvalue weighted by Crippen LogP contribution is 2.67. The van der Waals surface area contributed by atoms with Crippen LogP contribution in [0.25, 0.3) is 0 Å². The molecule has 9 heteroatoms. The zero-order chi connectivity index (χ0) is 23.9. The molecule has 0 aromatic carbocycles. The lowest BCUT2D eigenvalue weighted by Crippen LogP contribution is -2.69. The molecule has 7 atom stereocenters. The number of fused-ring (bicyclic) bond motifs is 5. The summed E-state index contributed by atoms with van der Waals surface area (Å²) in [6.07, 6.45) is 2.17. The number of hydrogen-bond donors (Lipinski definition) is 3. The van der Waals surface area contributed by atoms with Crippen LogP contribution in [0.3, 0.4) is 0 Å². The van der Waals surface area contributed by atoms with E-state index < -0.39 is 64.0 Å². The molecule has 0 bridgehead atoms. The van der Waals surface area contributed by atoms with Crippen LogP contribution in [0.1, 0.15) is 52.9 Å². The van der Waals surface area contributed by atoms with Crippen molar-refractivity contribution in [3.63, 3.8) is 0 Å². The maximum atomic E-state index is 13.6. The maximum absolute atomic E-state index is 13.6. The molecule has 0 aromatic heterocycles. The summed E-state index contributed by atoms with van der Waals surface area (Å²) >= 11 is 0. The monoisotopic (exact) mass is 448 g/mol. The fraction of sp³-hybridized carbons (Fsp3) is 0.696. The van der Waals surface area contributed by atoms with E-state index in [9.17, 15) is 39.3 Å². The number of carbonyl (C=O) groups excluding carboxylic acids is 5. The highest BCUT2D eigenvalue weighted by molar-refractivity contribution is 6.45. The lowest BCUT2D eigenvalue weighted by Gasteiger charge is -2.60. The molecule has 4 rings (SSSR count). The summed E-state index contributed by atoms with van der Waals surface area (Å²) in [6.45, 7) is 3.32. The molecule has 4 aliphatic rings. The molecule has 0 radical (unpaired) electrons. The third-order valence-corrected chi connectivity index (χ3v) is 8.89. The molecule has 1 unspecified atom stereocenters. The Hall–Kier alpha value is -2.23. The van der Waals surface area contributed by atoms with Crippen molar-refractivity contribution in [2.45, 2.75) is 64.3 Å². The van der Waals surface area contributed by atoms with E-state index in [2.05, 4.69) is 0 Å². The first-order chi connectivity index (χ1) is 14.8. The fourth-order valence-corrected chi connectivity index (χ4v) is 7.31. The number of hydrogen-bond acceptors (Lipinski definition) is 9. The average molecular weight is 448 g/mol. The lowest BCUT2D eigenvalue weighted by molar-refractivity contribution is -0.258. The van der Waals surface area contributed by atoms with E-state index in [-0.39, 0.29) is 31.0 Å². The van der Waals surface area contributed by atoms with Gasteiger partial charge in [0.2, 0.25) is 5.78 Å². The van der Waals surface area contributed by atoms with Crippen molar-refractivity contribution in [1.29, 1.82) is 0 Å². The summed E-state index contributed by atoms with van der Waals surface area (Å²) in [7, 11) is 0. The van der Waals surface area contributed by atoms with Gasteiger partial charge in [-0.3, -0.25) is 24.0 Å². The molecule has 0 heterocycles. The van der Waals surface area contributed by atoms with E-state index in [0.717, 1.165) is 13.0 Å². The second-order valence-corrected chi connectivity index (χ2v) is 10.1. The Balaban J connectivity index is 1.86. The minimum atomic E-state index is -2.82.